The maximum atomic E-state index is 13.6. The maximum absolute atomic E-state index is 13.6. The number of halogens is 3. The van der Waals surface area contributed by atoms with E-state index in [1.807, 2.05) is 0 Å². The van der Waals surface area contributed by atoms with Crippen molar-refractivity contribution in [2.75, 3.05) is 19.6 Å². The van der Waals surface area contributed by atoms with Gasteiger partial charge in [0.05, 0.1) is 5.01 Å². The van der Waals surface area contributed by atoms with Gasteiger partial charge in [-0.25, -0.2) is 9.37 Å². The Kier molecular flexibility index (Phi) is 11.6. The normalized spacial score (nSPS) is 9.75. The molecule has 0 radical (unpaired) electrons. The third-order valence-corrected chi connectivity index (χ3v) is 3.95. The first kappa shape index (κ1) is 22.8. The lowest BCUT2D eigenvalue weighted by Crippen LogP contribution is -2.32. The Bertz CT molecular complexity index is 625. The first-order valence-corrected chi connectivity index (χ1v) is 8.25. The van der Waals surface area contributed by atoms with Crippen molar-refractivity contribution in [1.82, 2.24) is 15.6 Å². The van der Waals surface area contributed by atoms with Crippen LogP contribution in [0.2, 0.25) is 0 Å². The van der Waals surface area contributed by atoms with Gasteiger partial charge in [0, 0.05) is 24.9 Å². The van der Waals surface area contributed by atoms with Crippen LogP contribution >= 0.6 is 36.2 Å². The zero-order valence-corrected chi connectivity index (χ0v) is 15.8. The molecule has 134 valence electrons. The Morgan fingerprint density at radius 3 is 2.67 bits per heavy atom. The van der Waals surface area contributed by atoms with Crippen LogP contribution in [0.5, 0.6) is 0 Å². The molecular weight excluding hydrogens is 372 g/mol. The number of aromatic nitrogens is 1. The van der Waals surface area contributed by atoms with E-state index in [4.69, 9.17) is 0 Å². The molecular formula is C16H22Cl2FN3OS. The molecule has 1 aromatic heterocycles. The Labute approximate surface area is 158 Å². The van der Waals surface area contributed by atoms with Crippen LogP contribution in [0.3, 0.4) is 0 Å². The standard InChI is InChI=1S/C16H20FN3OS.2ClH/c1-2-7-18-8-9-19-16(21)14-11-22-15(20-14)10-12-5-3-4-6-13(12)17;;/h3-6,11,18H,2,7-10H2,1H3,(H,19,21);2*1H. The second-order valence-electron chi connectivity index (χ2n) is 4.90. The van der Waals surface area contributed by atoms with Crippen molar-refractivity contribution >= 4 is 42.1 Å². The third kappa shape index (κ3) is 7.13. The minimum Gasteiger partial charge on any atom is -0.349 e. The highest BCUT2D eigenvalue weighted by atomic mass is 35.5. The molecule has 0 aliphatic rings. The fraction of sp³-hybridized carbons (Fsp3) is 0.375. The van der Waals surface area contributed by atoms with Crippen LogP contribution in [0.1, 0.15) is 34.4 Å². The molecule has 1 heterocycles. The second kappa shape index (κ2) is 12.2. The largest absolute Gasteiger partial charge is 0.349 e. The monoisotopic (exact) mass is 393 g/mol. The highest BCUT2D eigenvalue weighted by Crippen LogP contribution is 2.16. The van der Waals surface area contributed by atoms with E-state index in [0.717, 1.165) is 24.5 Å². The van der Waals surface area contributed by atoms with E-state index in [2.05, 4.69) is 22.5 Å². The Hall–Kier alpha value is -1.21. The van der Waals surface area contributed by atoms with Crippen molar-refractivity contribution < 1.29 is 9.18 Å². The number of amides is 1. The van der Waals surface area contributed by atoms with E-state index >= 15 is 0 Å². The molecule has 2 rings (SSSR count). The Morgan fingerprint density at radius 2 is 1.96 bits per heavy atom. The molecule has 1 aromatic carbocycles. The van der Waals surface area contributed by atoms with E-state index in [1.54, 1.807) is 23.6 Å². The van der Waals surface area contributed by atoms with Gasteiger partial charge in [-0.05, 0) is 24.6 Å². The molecule has 4 nitrogen and oxygen atoms in total. The van der Waals surface area contributed by atoms with Crippen molar-refractivity contribution in [2.45, 2.75) is 19.8 Å². The summed E-state index contributed by atoms with van der Waals surface area (Å²) in [5.74, 6) is -0.431. The SMILES string of the molecule is CCCNCCNC(=O)c1csc(Cc2ccccc2F)n1.Cl.Cl. The summed E-state index contributed by atoms with van der Waals surface area (Å²) in [4.78, 5) is 16.2. The number of benzene rings is 1. The fourth-order valence-electron chi connectivity index (χ4n) is 1.96. The van der Waals surface area contributed by atoms with Crippen molar-refractivity contribution in [3.63, 3.8) is 0 Å². The predicted molar refractivity (Wildman–Crippen MR) is 101 cm³/mol. The van der Waals surface area contributed by atoms with Gasteiger partial charge in [0.25, 0.3) is 5.91 Å². The molecule has 0 saturated heterocycles. The van der Waals surface area contributed by atoms with Crippen LogP contribution in [0, 0.1) is 5.82 Å². The van der Waals surface area contributed by atoms with Crippen LogP contribution < -0.4 is 10.6 Å². The zero-order chi connectivity index (χ0) is 15.8. The summed E-state index contributed by atoms with van der Waals surface area (Å²) < 4.78 is 13.6. The van der Waals surface area contributed by atoms with Gasteiger partial charge in [-0.15, -0.1) is 36.2 Å². The number of hydrogen-bond acceptors (Lipinski definition) is 4. The number of nitrogens with zero attached hydrogens (tertiary/aromatic N) is 1. The van der Waals surface area contributed by atoms with E-state index < -0.39 is 0 Å². The maximum Gasteiger partial charge on any atom is 0.270 e. The molecule has 0 bridgehead atoms. The lowest BCUT2D eigenvalue weighted by Gasteiger charge is -2.04. The average Bonchev–Trinajstić information content (AvgIpc) is 2.98. The highest BCUT2D eigenvalue weighted by molar-refractivity contribution is 7.09. The van der Waals surface area contributed by atoms with Crippen molar-refractivity contribution in [3.05, 3.63) is 51.7 Å². The van der Waals surface area contributed by atoms with Gasteiger partial charge in [-0.3, -0.25) is 4.79 Å². The number of hydrogen-bond donors (Lipinski definition) is 2. The smallest absolute Gasteiger partial charge is 0.270 e. The van der Waals surface area contributed by atoms with Crippen LogP contribution in [0.15, 0.2) is 29.6 Å². The molecule has 1 amide bonds. The van der Waals surface area contributed by atoms with E-state index in [9.17, 15) is 9.18 Å². The van der Waals surface area contributed by atoms with Gasteiger partial charge in [0.15, 0.2) is 0 Å². The highest BCUT2D eigenvalue weighted by Gasteiger charge is 2.11. The fourth-order valence-corrected chi connectivity index (χ4v) is 2.76. The second-order valence-corrected chi connectivity index (χ2v) is 5.84. The number of rotatable bonds is 8. The van der Waals surface area contributed by atoms with E-state index in [-0.39, 0.29) is 36.5 Å². The number of carbonyl (C=O) groups excluding carboxylic acids is 1. The molecule has 8 heteroatoms. The van der Waals surface area contributed by atoms with Crippen molar-refractivity contribution in [3.8, 4) is 0 Å². The molecule has 0 aliphatic carbocycles. The minimum absolute atomic E-state index is 0. The molecule has 2 N–H and O–H groups in total. The summed E-state index contributed by atoms with van der Waals surface area (Å²) in [5, 5.41) is 8.48. The lowest BCUT2D eigenvalue weighted by molar-refractivity contribution is 0.0949. The first-order chi connectivity index (χ1) is 10.7. The van der Waals surface area contributed by atoms with Crippen molar-refractivity contribution in [2.24, 2.45) is 0 Å². The molecule has 0 atom stereocenters. The minimum atomic E-state index is -0.245. The summed E-state index contributed by atoms with van der Waals surface area (Å²) in [5.41, 5.74) is 0.986. The van der Waals surface area contributed by atoms with Gasteiger partial charge >= 0.3 is 0 Å². The number of carbonyl (C=O) groups is 1. The van der Waals surface area contributed by atoms with Crippen LogP contribution in [-0.2, 0) is 6.42 Å². The molecule has 0 unspecified atom stereocenters. The Balaban J connectivity index is 0.00000264. The molecule has 0 saturated carbocycles. The van der Waals surface area contributed by atoms with E-state index in [0.29, 0.717) is 24.2 Å². The molecule has 2 aromatic rings. The van der Waals surface area contributed by atoms with Gasteiger partial charge in [-0.2, -0.15) is 0 Å². The summed E-state index contributed by atoms with van der Waals surface area (Å²) in [7, 11) is 0. The Morgan fingerprint density at radius 1 is 1.21 bits per heavy atom. The van der Waals surface area contributed by atoms with Gasteiger partial charge in [-0.1, -0.05) is 25.1 Å². The molecule has 0 spiro atoms. The van der Waals surface area contributed by atoms with Crippen LogP contribution in [0.4, 0.5) is 4.39 Å². The van der Waals surface area contributed by atoms with Gasteiger partial charge in [0.1, 0.15) is 11.5 Å². The quantitative estimate of drug-likeness (QED) is 0.675. The first-order valence-electron chi connectivity index (χ1n) is 7.37. The third-order valence-electron chi connectivity index (χ3n) is 3.10. The van der Waals surface area contributed by atoms with Crippen LogP contribution in [-0.4, -0.2) is 30.5 Å². The topological polar surface area (TPSA) is 54.0 Å². The predicted octanol–water partition coefficient (Wildman–Crippen LogP) is 3.45. The lowest BCUT2D eigenvalue weighted by atomic mass is 10.1. The van der Waals surface area contributed by atoms with Crippen LogP contribution in [0.25, 0.3) is 0 Å². The van der Waals surface area contributed by atoms with Crippen molar-refractivity contribution in [1.29, 1.82) is 0 Å². The number of nitrogens with one attached hydrogen (secondary N) is 2. The molecule has 24 heavy (non-hydrogen) atoms. The van der Waals surface area contributed by atoms with Gasteiger partial charge < -0.3 is 10.6 Å². The summed E-state index contributed by atoms with van der Waals surface area (Å²) in [6, 6.07) is 6.62. The molecule has 0 fully saturated rings. The summed E-state index contributed by atoms with van der Waals surface area (Å²) in [6.45, 7) is 4.35. The van der Waals surface area contributed by atoms with E-state index in [1.165, 1.54) is 17.4 Å². The van der Waals surface area contributed by atoms with Gasteiger partial charge in [0.2, 0.25) is 0 Å². The zero-order valence-electron chi connectivity index (χ0n) is 13.4. The summed E-state index contributed by atoms with van der Waals surface area (Å²) >= 11 is 1.37. The molecule has 0 aliphatic heterocycles. The average molecular weight is 394 g/mol. The summed E-state index contributed by atoms with van der Waals surface area (Å²) in [6.07, 6.45) is 1.47. The number of thiazole rings is 1.